The molecule has 1 unspecified atom stereocenters. The maximum absolute atomic E-state index is 13.5. The predicted molar refractivity (Wildman–Crippen MR) is 144 cm³/mol. The van der Waals surface area contributed by atoms with Crippen molar-refractivity contribution >= 4 is 50.9 Å². The number of carbonyl (C=O) groups excluding carboxylic acids is 2. The Hall–Kier alpha value is -2.54. The molecule has 0 aliphatic rings. The van der Waals surface area contributed by atoms with Crippen molar-refractivity contribution in [2.45, 2.75) is 32.9 Å². The van der Waals surface area contributed by atoms with Crippen molar-refractivity contribution in [1.29, 1.82) is 0 Å². The van der Waals surface area contributed by atoms with Gasteiger partial charge in [-0.1, -0.05) is 75.5 Å². The van der Waals surface area contributed by atoms with E-state index in [4.69, 9.17) is 27.9 Å². The van der Waals surface area contributed by atoms with Gasteiger partial charge in [-0.25, -0.2) is 0 Å². The third-order valence-electron chi connectivity index (χ3n) is 5.63. The van der Waals surface area contributed by atoms with Gasteiger partial charge in [0.1, 0.15) is 11.8 Å². The van der Waals surface area contributed by atoms with E-state index in [-0.39, 0.29) is 25.0 Å². The minimum Gasteiger partial charge on any atom is -0.484 e. The first-order valence-electron chi connectivity index (χ1n) is 11.1. The highest BCUT2D eigenvalue weighted by Gasteiger charge is 2.30. The van der Waals surface area contributed by atoms with Gasteiger partial charge in [0, 0.05) is 24.5 Å². The number of aryl methyl sites for hydroxylation is 2. The van der Waals surface area contributed by atoms with E-state index in [0.29, 0.717) is 22.2 Å². The normalized spacial score (nSPS) is 11.6. The van der Waals surface area contributed by atoms with Crippen molar-refractivity contribution < 1.29 is 14.3 Å². The zero-order chi connectivity index (χ0) is 25.5. The minimum absolute atomic E-state index is 0.169. The van der Waals surface area contributed by atoms with Gasteiger partial charge in [0.2, 0.25) is 5.91 Å². The number of hydrogen-bond donors (Lipinski definition) is 1. The van der Waals surface area contributed by atoms with Gasteiger partial charge in [0.25, 0.3) is 5.91 Å². The van der Waals surface area contributed by atoms with Crippen LogP contribution in [-0.2, 0) is 22.6 Å². The van der Waals surface area contributed by atoms with Crippen LogP contribution >= 0.6 is 39.1 Å². The summed E-state index contributed by atoms with van der Waals surface area (Å²) in [5, 5.41) is 3.50. The van der Waals surface area contributed by atoms with Crippen LogP contribution in [0.1, 0.15) is 22.3 Å². The minimum atomic E-state index is -0.749. The molecule has 0 heterocycles. The molecular weight excluding hydrogens is 551 g/mol. The monoisotopic (exact) mass is 576 g/mol. The van der Waals surface area contributed by atoms with E-state index < -0.39 is 6.04 Å². The Balaban J connectivity index is 1.90. The average Bonchev–Trinajstić information content (AvgIpc) is 2.85. The molecule has 3 aromatic carbocycles. The SMILES string of the molecule is CNC(=O)C(Cc1ccccc1)N(Cc1ccc(Cl)c(Cl)c1)C(=O)COc1cc(C)c(Br)c(C)c1. The quantitative estimate of drug-likeness (QED) is 0.332. The van der Waals surface area contributed by atoms with Gasteiger partial charge >= 0.3 is 0 Å². The highest BCUT2D eigenvalue weighted by molar-refractivity contribution is 9.10. The molecule has 184 valence electrons. The highest BCUT2D eigenvalue weighted by Crippen LogP contribution is 2.27. The first-order valence-corrected chi connectivity index (χ1v) is 12.6. The zero-order valence-corrected chi connectivity index (χ0v) is 22.9. The van der Waals surface area contributed by atoms with Crippen molar-refractivity contribution in [1.82, 2.24) is 10.2 Å². The van der Waals surface area contributed by atoms with E-state index >= 15 is 0 Å². The molecule has 3 rings (SSSR count). The second kappa shape index (κ2) is 12.4. The summed E-state index contributed by atoms with van der Waals surface area (Å²) in [7, 11) is 1.56. The Morgan fingerprint density at radius 3 is 2.23 bits per heavy atom. The van der Waals surface area contributed by atoms with Crippen LogP contribution < -0.4 is 10.1 Å². The number of carbonyl (C=O) groups is 2. The molecule has 2 amide bonds. The summed E-state index contributed by atoms with van der Waals surface area (Å²) < 4.78 is 6.87. The lowest BCUT2D eigenvalue weighted by Gasteiger charge is -2.31. The van der Waals surface area contributed by atoms with E-state index in [0.717, 1.165) is 26.7 Å². The van der Waals surface area contributed by atoms with Crippen LogP contribution in [0, 0.1) is 13.8 Å². The number of nitrogens with zero attached hydrogens (tertiary/aromatic N) is 1. The van der Waals surface area contributed by atoms with Crippen molar-refractivity contribution in [2.24, 2.45) is 0 Å². The van der Waals surface area contributed by atoms with Crippen molar-refractivity contribution in [3.8, 4) is 5.75 Å². The van der Waals surface area contributed by atoms with Crippen LogP contribution in [0.3, 0.4) is 0 Å². The number of ether oxygens (including phenoxy) is 1. The summed E-state index contributed by atoms with van der Waals surface area (Å²) in [5.41, 5.74) is 3.71. The number of nitrogens with one attached hydrogen (secondary N) is 1. The lowest BCUT2D eigenvalue weighted by molar-refractivity contribution is -0.142. The largest absolute Gasteiger partial charge is 0.484 e. The molecular formula is C27H27BrCl2N2O3. The van der Waals surface area contributed by atoms with Crippen molar-refractivity contribution in [3.05, 3.63) is 97.4 Å². The maximum Gasteiger partial charge on any atom is 0.261 e. The Labute approximate surface area is 224 Å². The van der Waals surface area contributed by atoms with E-state index in [9.17, 15) is 9.59 Å². The molecule has 0 saturated heterocycles. The molecule has 0 aromatic heterocycles. The van der Waals surface area contributed by atoms with E-state index in [1.807, 2.05) is 56.3 Å². The van der Waals surface area contributed by atoms with Crippen LogP contribution in [0.25, 0.3) is 0 Å². The number of hydrogen-bond acceptors (Lipinski definition) is 3. The van der Waals surface area contributed by atoms with Gasteiger partial charge in [-0.3, -0.25) is 9.59 Å². The van der Waals surface area contributed by atoms with Crippen LogP contribution in [0.4, 0.5) is 0 Å². The smallest absolute Gasteiger partial charge is 0.261 e. The molecule has 1 N–H and O–H groups in total. The van der Waals surface area contributed by atoms with E-state index in [1.165, 1.54) is 4.90 Å². The Kier molecular flexibility index (Phi) is 9.61. The maximum atomic E-state index is 13.5. The van der Waals surface area contributed by atoms with E-state index in [2.05, 4.69) is 21.2 Å². The lowest BCUT2D eigenvalue weighted by Crippen LogP contribution is -2.51. The molecule has 0 saturated carbocycles. The van der Waals surface area contributed by atoms with Crippen LogP contribution in [0.2, 0.25) is 10.0 Å². The number of amides is 2. The number of likely N-dealkylation sites (N-methyl/N-ethyl adjacent to an activating group) is 1. The van der Waals surface area contributed by atoms with Crippen LogP contribution in [0.5, 0.6) is 5.75 Å². The summed E-state index contributed by atoms with van der Waals surface area (Å²) in [6.45, 7) is 3.88. The van der Waals surface area contributed by atoms with Gasteiger partial charge in [-0.2, -0.15) is 0 Å². The molecule has 0 spiro atoms. The Morgan fingerprint density at radius 2 is 1.63 bits per heavy atom. The second-order valence-electron chi connectivity index (χ2n) is 8.25. The molecule has 35 heavy (non-hydrogen) atoms. The molecule has 0 aliphatic carbocycles. The number of halogens is 3. The first kappa shape index (κ1) is 27.1. The molecule has 5 nitrogen and oxygen atoms in total. The second-order valence-corrected chi connectivity index (χ2v) is 9.86. The van der Waals surface area contributed by atoms with Crippen LogP contribution in [-0.4, -0.2) is 36.4 Å². The third kappa shape index (κ3) is 7.23. The molecule has 0 bridgehead atoms. The average molecular weight is 578 g/mol. The fourth-order valence-electron chi connectivity index (χ4n) is 3.77. The van der Waals surface area contributed by atoms with Gasteiger partial charge in [0.05, 0.1) is 10.0 Å². The van der Waals surface area contributed by atoms with Crippen molar-refractivity contribution in [2.75, 3.05) is 13.7 Å². The Bertz CT molecular complexity index is 1180. The summed E-state index contributed by atoms with van der Waals surface area (Å²) >= 11 is 15.8. The first-order chi connectivity index (χ1) is 16.7. The fourth-order valence-corrected chi connectivity index (χ4v) is 4.32. The topological polar surface area (TPSA) is 58.6 Å². The number of benzene rings is 3. The summed E-state index contributed by atoms with van der Waals surface area (Å²) in [6.07, 6.45) is 0.351. The Morgan fingerprint density at radius 1 is 0.971 bits per heavy atom. The summed E-state index contributed by atoms with van der Waals surface area (Å²) in [5.74, 6) is 0.00186. The van der Waals surface area contributed by atoms with Crippen LogP contribution in [0.15, 0.2) is 65.1 Å². The molecule has 0 radical (unpaired) electrons. The molecule has 3 aromatic rings. The predicted octanol–water partition coefficient (Wildman–Crippen LogP) is 6.14. The van der Waals surface area contributed by atoms with E-state index in [1.54, 1.807) is 25.2 Å². The number of rotatable bonds is 9. The molecule has 1 atom stereocenters. The third-order valence-corrected chi connectivity index (χ3v) is 7.62. The summed E-state index contributed by atoms with van der Waals surface area (Å²) in [6, 6.07) is 17.7. The van der Waals surface area contributed by atoms with Crippen molar-refractivity contribution in [3.63, 3.8) is 0 Å². The van der Waals surface area contributed by atoms with Gasteiger partial charge < -0.3 is 15.0 Å². The molecule has 8 heteroatoms. The molecule has 0 aliphatic heterocycles. The molecule has 0 fully saturated rings. The standard InChI is InChI=1S/C27H27BrCl2N2O3/c1-17-11-21(12-18(2)26(17)28)35-16-25(33)32(15-20-9-10-22(29)23(30)13-20)24(27(34)31-3)14-19-7-5-4-6-8-19/h4-13,24H,14-16H2,1-3H3,(H,31,34). The van der Waals surface area contributed by atoms with Gasteiger partial charge in [-0.05, 0) is 60.4 Å². The summed E-state index contributed by atoms with van der Waals surface area (Å²) in [4.78, 5) is 28.0. The lowest BCUT2D eigenvalue weighted by atomic mass is 10.0. The van der Waals surface area contributed by atoms with Gasteiger partial charge in [0.15, 0.2) is 6.61 Å². The van der Waals surface area contributed by atoms with Gasteiger partial charge in [-0.15, -0.1) is 0 Å². The fraction of sp³-hybridized carbons (Fsp3) is 0.259. The highest BCUT2D eigenvalue weighted by atomic mass is 79.9. The zero-order valence-electron chi connectivity index (χ0n) is 19.8.